The van der Waals surface area contributed by atoms with Gasteiger partial charge >= 0.3 is 0 Å². The van der Waals surface area contributed by atoms with Gasteiger partial charge in [-0.15, -0.1) is 0 Å². The number of hydrogen-bond acceptors (Lipinski definition) is 7. The molecule has 176 valence electrons. The van der Waals surface area contributed by atoms with E-state index in [1.807, 2.05) is 74.5 Å². The minimum absolute atomic E-state index is 0.0692. The van der Waals surface area contributed by atoms with Crippen LogP contribution in [0.15, 0.2) is 65.5 Å². The van der Waals surface area contributed by atoms with Crippen molar-refractivity contribution in [2.45, 2.75) is 20.4 Å². The molecule has 0 saturated carbocycles. The van der Waals surface area contributed by atoms with Crippen molar-refractivity contribution in [2.75, 3.05) is 31.6 Å². The van der Waals surface area contributed by atoms with E-state index in [2.05, 4.69) is 20.6 Å². The van der Waals surface area contributed by atoms with E-state index in [1.165, 1.54) is 0 Å². The molecule has 0 fully saturated rings. The lowest BCUT2D eigenvalue weighted by atomic mass is 10.1. The number of nitrogens with zero attached hydrogens (tertiary/aromatic N) is 3. The third-order valence-corrected chi connectivity index (χ3v) is 5.48. The van der Waals surface area contributed by atoms with Gasteiger partial charge in [0.05, 0.1) is 12.3 Å². The minimum atomic E-state index is -0.0692. The minimum Gasteiger partial charge on any atom is -0.492 e. The highest BCUT2D eigenvalue weighted by Crippen LogP contribution is 2.24. The normalized spacial score (nSPS) is 11.0. The zero-order valence-corrected chi connectivity index (χ0v) is 19.4. The number of aliphatic hydroxyl groups is 1. The molecule has 34 heavy (non-hydrogen) atoms. The number of hydrogen-bond donors (Lipinski definition) is 3. The Morgan fingerprint density at radius 1 is 1.03 bits per heavy atom. The van der Waals surface area contributed by atoms with Crippen molar-refractivity contribution >= 4 is 22.7 Å². The van der Waals surface area contributed by atoms with Gasteiger partial charge in [-0.05, 0) is 49.7 Å². The largest absolute Gasteiger partial charge is 0.492 e. The maximum absolute atomic E-state index is 13.2. The Labute approximate surface area is 198 Å². The molecule has 8 heteroatoms. The van der Waals surface area contributed by atoms with Gasteiger partial charge in [-0.3, -0.25) is 9.36 Å². The highest BCUT2D eigenvalue weighted by Gasteiger charge is 2.15. The zero-order chi connectivity index (χ0) is 23.9. The van der Waals surface area contributed by atoms with Crippen molar-refractivity contribution in [1.29, 1.82) is 0 Å². The van der Waals surface area contributed by atoms with Crippen molar-refractivity contribution in [3.63, 3.8) is 0 Å². The summed E-state index contributed by atoms with van der Waals surface area (Å²) >= 11 is 0. The van der Waals surface area contributed by atoms with Crippen LogP contribution >= 0.6 is 0 Å². The Balaban J connectivity index is 1.58. The molecule has 3 N–H and O–H groups in total. The summed E-state index contributed by atoms with van der Waals surface area (Å²) in [5.74, 6) is 1.18. The fourth-order valence-electron chi connectivity index (χ4n) is 3.77. The number of aromatic nitrogens is 3. The van der Waals surface area contributed by atoms with Crippen LogP contribution in [0.1, 0.15) is 12.6 Å². The van der Waals surface area contributed by atoms with Gasteiger partial charge in [0, 0.05) is 36.3 Å². The molecule has 2 aromatic heterocycles. The molecule has 0 amide bonds. The van der Waals surface area contributed by atoms with Gasteiger partial charge in [0.15, 0.2) is 0 Å². The van der Waals surface area contributed by atoms with Crippen molar-refractivity contribution in [1.82, 2.24) is 19.9 Å². The van der Waals surface area contributed by atoms with Gasteiger partial charge in [-0.25, -0.2) is 4.98 Å². The summed E-state index contributed by atoms with van der Waals surface area (Å²) in [6.07, 6.45) is 0. The van der Waals surface area contributed by atoms with Crippen LogP contribution in [0.25, 0.3) is 22.2 Å². The Morgan fingerprint density at radius 2 is 1.79 bits per heavy atom. The van der Waals surface area contributed by atoms with E-state index in [4.69, 9.17) is 9.84 Å². The van der Waals surface area contributed by atoms with E-state index in [9.17, 15) is 4.79 Å². The molecule has 8 nitrogen and oxygen atoms in total. The number of anilines is 2. The monoisotopic (exact) mass is 459 g/mol. The van der Waals surface area contributed by atoms with Crippen LogP contribution in [0.2, 0.25) is 0 Å². The van der Waals surface area contributed by atoms with Gasteiger partial charge in [0.2, 0.25) is 5.95 Å². The van der Waals surface area contributed by atoms with Gasteiger partial charge in [0.1, 0.15) is 18.0 Å². The van der Waals surface area contributed by atoms with Gasteiger partial charge in [0.25, 0.3) is 5.56 Å². The van der Waals surface area contributed by atoms with Crippen molar-refractivity contribution in [3.05, 3.63) is 76.7 Å². The van der Waals surface area contributed by atoms with Gasteiger partial charge in [-0.1, -0.05) is 30.3 Å². The van der Waals surface area contributed by atoms with Crippen LogP contribution in [0.4, 0.5) is 11.6 Å². The molecule has 0 atom stereocenters. The van der Waals surface area contributed by atoms with Crippen molar-refractivity contribution < 1.29 is 9.84 Å². The Hall–Kier alpha value is -3.75. The number of rotatable bonds is 10. The number of fused-ring (bicyclic) bond motifs is 1. The molecule has 0 saturated heterocycles. The summed E-state index contributed by atoms with van der Waals surface area (Å²) in [7, 11) is 0. The second kappa shape index (κ2) is 10.9. The number of ether oxygens (including phenoxy) is 1. The predicted molar refractivity (Wildman–Crippen MR) is 135 cm³/mol. The number of benzene rings is 2. The lowest BCUT2D eigenvalue weighted by Gasteiger charge is -2.14. The third kappa shape index (κ3) is 5.24. The highest BCUT2D eigenvalue weighted by molar-refractivity contribution is 5.84. The maximum Gasteiger partial charge on any atom is 0.260 e. The van der Waals surface area contributed by atoms with Crippen LogP contribution in [0.5, 0.6) is 5.75 Å². The zero-order valence-electron chi connectivity index (χ0n) is 19.4. The number of aryl methyl sites for hydroxylation is 2. The number of nitrogens with one attached hydrogen (secondary N) is 2. The summed E-state index contributed by atoms with van der Waals surface area (Å²) in [6.45, 7) is 6.21. The number of pyridine rings is 1. The topological polar surface area (TPSA) is 101 Å². The maximum atomic E-state index is 13.2. The van der Waals surface area contributed by atoms with E-state index < -0.39 is 0 Å². The van der Waals surface area contributed by atoms with E-state index in [0.717, 1.165) is 28.1 Å². The van der Waals surface area contributed by atoms with Crippen molar-refractivity contribution in [2.24, 2.45) is 0 Å². The summed E-state index contributed by atoms with van der Waals surface area (Å²) in [5.41, 5.74) is 3.67. The quantitative estimate of drug-likeness (QED) is 0.312. The van der Waals surface area contributed by atoms with E-state index in [-0.39, 0.29) is 12.2 Å². The SMILES string of the molecule is CCn1c(=O)c(-c2ccccc2)cc2c(C)nc(Nc3ccc(OCCNCCO)cc3)nc21. The molecule has 0 unspecified atom stereocenters. The molecule has 4 aromatic rings. The average molecular weight is 460 g/mol. The summed E-state index contributed by atoms with van der Waals surface area (Å²) in [5, 5.41) is 15.9. The first-order valence-corrected chi connectivity index (χ1v) is 11.4. The van der Waals surface area contributed by atoms with E-state index in [1.54, 1.807) is 4.57 Å². The average Bonchev–Trinajstić information content (AvgIpc) is 2.85. The molecule has 2 heterocycles. The lowest BCUT2D eigenvalue weighted by molar-refractivity contribution is 0.276. The van der Waals surface area contributed by atoms with E-state index in [0.29, 0.717) is 43.4 Å². The molecule has 0 aliphatic rings. The molecule has 0 bridgehead atoms. The summed E-state index contributed by atoms with van der Waals surface area (Å²) < 4.78 is 7.38. The first-order valence-electron chi connectivity index (χ1n) is 11.4. The van der Waals surface area contributed by atoms with Crippen LogP contribution in [0.3, 0.4) is 0 Å². The molecular formula is C26H29N5O3. The lowest BCUT2D eigenvalue weighted by Crippen LogP contribution is -2.23. The van der Waals surface area contributed by atoms with Crippen molar-refractivity contribution in [3.8, 4) is 16.9 Å². The second-order valence-electron chi connectivity index (χ2n) is 7.81. The second-order valence-corrected chi connectivity index (χ2v) is 7.81. The van der Waals surface area contributed by atoms with Crippen LogP contribution in [-0.2, 0) is 6.54 Å². The standard InChI is InChI=1S/C26H29N5O3/c1-3-31-24-22(17-23(25(31)33)19-7-5-4-6-8-19)18(2)28-26(30-24)29-20-9-11-21(12-10-20)34-16-14-27-13-15-32/h4-12,17,27,32H,3,13-16H2,1-2H3,(H,28,29,30). The highest BCUT2D eigenvalue weighted by atomic mass is 16.5. The van der Waals surface area contributed by atoms with Crippen LogP contribution in [-0.4, -0.2) is 45.9 Å². The smallest absolute Gasteiger partial charge is 0.260 e. The van der Waals surface area contributed by atoms with E-state index >= 15 is 0 Å². The van der Waals surface area contributed by atoms with Gasteiger partial charge < -0.3 is 20.5 Å². The summed E-state index contributed by atoms with van der Waals surface area (Å²) in [4.78, 5) is 22.5. The molecule has 0 aliphatic heterocycles. The molecule has 4 rings (SSSR count). The Morgan fingerprint density at radius 3 is 2.50 bits per heavy atom. The van der Waals surface area contributed by atoms with Crippen LogP contribution < -0.4 is 20.9 Å². The molecule has 2 aromatic carbocycles. The first-order chi connectivity index (χ1) is 16.6. The fraction of sp³-hybridized carbons (Fsp3) is 0.269. The first kappa shape index (κ1) is 23.4. The molecule has 0 spiro atoms. The molecule has 0 radical (unpaired) electrons. The summed E-state index contributed by atoms with van der Waals surface area (Å²) in [6, 6.07) is 19.1. The Bertz CT molecular complexity index is 1300. The van der Waals surface area contributed by atoms with Gasteiger partial charge in [-0.2, -0.15) is 4.98 Å². The molecular weight excluding hydrogens is 430 g/mol. The fourth-order valence-corrected chi connectivity index (χ4v) is 3.77. The molecule has 0 aliphatic carbocycles. The Kier molecular flexibility index (Phi) is 7.51. The number of aliphatic hydroxyl groups excluding tert-OH is 1. The van der Waals surface area contributed by atoms with Crippen LogP contribution in [0, 0.1) is 6.92 Å². The third-order valence-electron chi connectivity index (χ3n) is 5.48. The predicted octanol–water partition coefficient (Wildman–Crippen LogP) is 3.49.